The van der Waals surface area contributed by atoms with Gasteiger partial charge in [-0.15, -0.1) is 0 Å². The van der Waals surface area contributed by atoms with E-state index in [1.165, 1.54) is 0 Å². The number of carboxylic acids is 1. The number of nitrogens with zero attached hydrogens (tertiary/aromatic N) is 1. The normalized spacial score (nSPS) is 22.6. The predicted octanol–water partition coefficient (Wildman–Crippen LogP) is 3.55. The summed E-state index contributed by atoms with van der Waals surface area (Å²) < 4.78 is 0. The van der Waals surface area contributed by atoms with Crippen LogP contribution in [0.25, 0.3) is 0 Å². The zero-order chi connectivity index (χ0) is 16.0. The molecule has 4 nitrogen and oxygen atoms in total. The zero-order valence-electron chi connectivity index (χ0n) is 14.0. The second-order valence-corrected chi connectivity index (χ2v) is 6.75. The fourth-order valence-corrected chi connectivity index (χ4v) is 3.41. The second kappa shape index (κ2) is 8.40. The van der Waals surface area contributed by atoms with Gasteiger partial charge in [0.05, 0.1) is 5.92 Å². The third-order valence-electron chi connectivity index (χ3n) is 4.60. The lowest BCUT2D eigenvalue weighted by Crippen LogP contribution is -2.46. The van der Waals surface area contributed by atoms with Crippen molar-refractivity contribution >= 4 is 11.9 Å². The summed E-state index contributed by atoms with van der Waals surface area (Å²) in [5.41, 5.74) is 0. The van der Waals surface area contributed by atoms with Crippen LogP contribution < -0.4 is 0 Å². The van der Waals surface area contributed by atoms with E-state index in [0.29, 0.717) is 18.8 Å². The summed E-state index contributed by atoms with van der Waals surface area (Å²) >= 11 is 0. The van der Waals surface area contributed by atoms with Gasteiger partial charge in [-0.05, 0) is 38.0 Å². The molecule has 1 amide bonds. The predicted molar refractivity (Wildman–Crippen MR) is 84.0 cm³/mol. The number of amides is 1. The summed E-state index contributed by atoms with van der Waals surface area (Å²) in [5.74, 6) is -0.559. The van der Waals surface area contributed by atoms with Gasteiger partial charge < -0.3 is 10.0 Å². The summed E-state index contributed by atoms with van der Waals surface area (Å²) in [7, 11) is 0. The van der Waals surface area contributed by atoms with Gasteiger partial charge in [0, 0.05) is 18.5 Å². The Morgan fingerprint density at radius 3 is 2.19 bits per heavy atom. The number of carbonyl (C=O) groups excluding carboxylic acids is 1. The molecule has 1 saturated carbocycles. The lowest BCUT2D eigenvalue weighted by Gasteiger charge is -2.37. The van der Waals surface area contributed by atoms with Gasteiger partial charge in [-0.2, -0.15) is 0 Å². The highest BCUT2D eigenvalue weighted by molar-refractivity contribution is 5.80. The molecule has 2 unspecified atom stereocenters. The van der Waals surface area contributed by atoms with Crippen LogP contribution in [0.1, 0.15) is 66.2 Å². The van der Waals surface area contributed by atoms with Crippen LogP contribution in [-0.4, -0.2) is 34.5 Å². The quantitative estimate of drug-likeness (QED) is 0.782. The van der Waals surface area contributed by atoms with Gasteiger partial charge in [-0.1, -0.05) is 34.1 Å². The minimum Gasteiger partial charge on any atom is -0.481 e. The molecule has 4 heteroatoms. The minimum absolute atomic E-state index is 0.0980. The fraction of sp³-hybridized carbons (Fsp3) is 0.882. The molecule has 1 aliphatic rings. The Kier molecular flexibility index (Phi) is 7.20. The molecule has 1 rings (SSSR count). The molecular weight excluding hydrogens is 266 g/mol. The van der Waals surface area contributed by atoms with E-state index in [9.17, 15) is 14.7 Å². The first-order valence-electron chi connectivity index (χ1n) is 8.43. The van der Waals surface area contributed by atoms with E-state index in [1.807, 2.05) is 4.90 Å². The Bertz CT molecular complexity index is 350. The average molecular weight is 297 g/mol. The Balaban J connectivity index is 2.81. The van der Waals surface area contributed by atoms with E-state index in [1.54, 1.807) is 0 Å². The number of hydrogen-bond acceptors (Lipinski definition) is 2. The number of hydrogen-bond donors (Lipinski definition) is 1. The van der Waals surface area contributed by atoms with E-state index in [-0.39, 0.29) is 23.8 Å². The monoisotopic (exact) mass is 297 g/mol. The van der Waals surface area contributed by atoms with Crippen molar-refractivity contribution in [2.75, 3.05) is 6.54 Å². The van der Waals surface area contributed by atoms with Crippen molar-refractivity contribution in [3.63, 3.8) is 0 Å². The van der Waals surface area contributed by atoms with Crippen molar-refractivity contribution in [1.29, 1.82) is 0 Å². The van der Waals surface area contributed by atoms with Crippen molar-refractivity contribution in [2.45, 2.75) is 72.3 Å². The summed E-state index contributed by atoms with van der Waals surface area (Å²) in [6.07, 6.45) is 4.86. The highest BCUT2D eigenvalue weighted by Crippen LogP contribution is 2.31. The van der Waals surface area contributed by atoms with Gasteiger partial charge in [0.2, 0.25) is 5.91 Å². The standard InChI is InChI=1S/C17H31NO3/c1-5-15(6-2)18(11-12(3)4)16(19)13-8-7-9-14(10-13)17(20)21/h12-15H,5-11H2,1-4H3,(H,20,21). The maximum atomic E-state index is 12.9. The number of rotatable bonds is 7. The van der Waals surface area contributed by atoms with E-state index in [2.05, 4.69) is 27.7 Å². The maximum Gasteiger partial charge on any atom is 0.306 e. The van der Waals surface area contributed by atoms with Crippen LogP contribution in [0.2, 0.25) is 0 Å². The van der Waals surface area contributed by atoms with Crippen molar-refractivity contribution < 1.29 is 14.7 Å². The Labute approximate surface area is 128 Å². The molecule has 0 saturated heterocycles. The first-order chi connectivity index (χ1) is 9.90. The molecule has 0 aliphatic heterocycles. The minimum atomic E-state index is -0.745. The van der Waals surface area contributed by atoms with Crippen LogP contribution >= 0.6 is 0 Å². The third-order valence-corrected chi connectivity index (χ3v) is 4.60. The van der Waals surface area contributed by atoms with Gasteiger partial charge in [0.25, 0.3) is 0 Å². The summed E-state index contributed by atoms with van der Waals surface area (Å²) in [6, 6.07) is 0.283. The van der Waals surface area contributed by atoms with Crippen molar-refractivity contribution in [3.8, 4) is 0 Å². The lowest BCUT2D eigenvalue weighted by atomic mass is 9.80. The van der Waals surface area contributed by atoms with Crippen LogP contribution in [0, 0.1) is 17.8 Å². The molecule has 122 valence electrons. The first kappa shape index (κ1) is 18.0. The maximum absolute atomic E-state index is 12.9. The molecular formula is C17H31NO3. The SMILES string of the molecule is CCC(CC)N(CC(C)C)C(=O)C1CCCC(C(=O)O)C1. The molecule has 0 aromatic rings. The van der Waals surface area contributed by atoms with Gasteiger partial charge >= 0.3 is 5.97 Å². The molecule has 0 spiro atoms. The van der Waals surface area contributed by atoms with Crippen molar-refractivity contribution in [2.24, 2.45) is 17.8 Å². The molecule has 0 bridgehead atoms. The largest absolute Gasteiger partial charge is 0.481 e. The Hall–Kier alpha value is -1.06. The number of aliphatic carboxylic acids is 1. The first-order valence-corrected chi connectivity index (χ1v) is 8.43. The molecule has 1 fully saturated rings. The molecule has 2 atom stereocenters. The van der Waals surface area contributed by atoms with E-state index < -0.39 is 5.97 Å². The molecule has 1 aliphatic carbocycles. The Morgan fingerprint density at radius 2 is 1.71 bits per heavy atom. The van der Waals surface area contributed by atoms with E-state index in [0.717, 1.165) is 32.2 Å². The van der Waals surface area contributed by atoms with Crippen molar-refractivity contribution in [1.82, 2.24) is 4.90 Å². The van der Waals surface area contributed by atoms with Gasteiger partial charge in [0.15, 0.2) is 0 Å². The topological polar surface area (TPSA) is 57.6 Å². The van der Waals surface area contributed by atoms with Crippen LogP contribution in [0.15, 0.2) is 0 Å². The van der Waals surface area contributed by atoms with Crippen LogP contribution in [0.5, 0.6) is 0 Å². The Morgan fingerprint density at radius 1 is 1.14 bits per heavy atom. The molecule has 1 N–H and O–H groups in total. The van der Waals surface area contributed by atoms with E-state index >= 15 is 0 Å². The zero-order valence-corrected chi connectivity index (χ0v) is 14.0. The van der Waals surface area contributed by atoms with Gasteiger partial charge in [-0.3, -0.25) is 9.59 Å². The number of carboxylic acid groups (broad SMARTS) is 1. The molecule has 0 aromatic heterocycles. The average Bonchev–Trinajstić information content (AvgIpc) is 2.46. The fourth-order valence-electron chi connectivity index (χ4n) is 3.41. The van der Waals surface area contributed by atoms with Crippen molar-refractivity contribution in [3.05, 3.63) is 0 Å². The highest BCUT2D eigenvalue weighted by atomic mass is 16.4. The summed E-state index contributed by atoms with van der Waals surface area (Å²) in [5, 5.41) is 9.20. The summed E-state index contributed by atoms with van der Waals surface area (Å²) in [6.45, 7) is 9.28. The van der Waals surface area contributed by atoms with Crippen LogP contribution in [0.3, 0.4) is 0 Å². The molecule has 0 aromatic carbocycles. The lowest BCUT2D eigenvalue weighted by molar-refractivity contribution is -0.146. The van der Waals surface area contributed by atoms with Gasteiger partial charge in [0.1, 0.15) is 0 Å². The third kappa shape index (κ3) is 5.01. The number of carbonyl (C=O) groups is 2. The van der Waals surface area contributed by atoms with Crippen LogP contribution in [-0.2, 0) is 9.59 Å². The second-order valence-electron chi connectivity index (χ2n) is 6.75. The molecule has 0 heterocycles. The highest BCUT2D eigenvalue weighted by Gasteiger charge is 2.34. The smallest absolute Gasteiger partial charge is 0.306 e. The molecule has 21 heavy (non-hydrogen) atoms. The van der Waals surface area contributed by atoms with Gasteiger partial charge in [-0.25, -0.2) is 0 Å². The van der Waals surface area contributed by atoms with Crippen LogP contribution in [0.4, 0.5) is 0 Å². The van der Waals surface area contributed by atoms with E-state index in [4.69, 9.17) is 0 Å². The molecule has 0 radical (unpaired) electrons. The summed E-state index contributed by atoms with van der Waals surface area (Å²) in [4.78, 5) is 26.1.